The third-order valence-corrected chi connectivity index (χ3v) is 4.57. The highest BCUT2D eigenvalue weighted by atomic mass is 32.1. The number of thiazole rings is 1. The molecule has 1 unspecified atom stereocenters. The Morgan fingerprint density at radius 2 is 2.26 bits per heavy atom. The van der Waals surface area contributed by atoms with E-state index in [1.165, 1.54) is 6.92 Å². The van der Waals surface area contributed by atoms with Crippen LogP contribution in [0.1, 0.15) is 28.9 Å². The molecule has 0 spiro atoms. The Kier molecular flexibility index (Phi) is 5.62. The second-order valence-corrected chi connectivity index (χ2v) is 6.22. The Balaban J connectivity index is 2.00. The van der Waals surface area contributed by atoms with Gasteiger partial charge in [0, 0.05) is 19.5 Å². The zero-order valence-electron chi connectivity index (χ0n) is 13.4. The number of nitrogen functional groups attached to an aromatic ring is 1. The number of hydrogen-bond acceptors (Lipinski definition) is 7. The highest BCUT2D eigenvalue weighted by molar-refractivity contribution is 7.09. The third kappa shape index (κ3) is 4.46. The third-order valence-electron chi connectivity index (χ3n) is 3.43. The molecule has 2 aromatic heterocycles. The van der Waals surface area contributed by atoms with Crippen LogP contribution in [-0.2, 0) is 22.5 Å². The lowest BCUT2D eigenvalue weighted by molar-refractivity contribution is -0.689. The van der Waals surface area contributed by atoms with Gasteiger partial charge < -0.3 is 15.6 Å². The van der Waals surface area contributed by atoms with E-state index in [1.807, 2.05) is 12.4 Å². The molecule has 3 N–H and O–H groups in total. The first-order chi connectivity index (χ1) is 10.9. The second kappa shape index (κ2) is 7.47. The Bertz CT molecular complexity index is 700. The van der Waals surface area contributed by atoms with Gasteiger partial charge in [0.1, 0.15) is 17.7 Å². The van der Waals surface area contributed by atoms with E-state index >= 15 is 0 Å². The summed E-state index contributed by atoms with van der Waals surface area (Å²) in [6.07, 6.45) is 1.27. The molecule has 23 heavy (non-hydrogen) atoms. The number of esters is 1. The molecule has 2 aromatic rings. The van der Waals surface area contributed by atoms with Gasteiger partial charge in [-0.25, -0.2) is 14.8 Å². The number of ether oxygens (including phenoxy) is 1. The fraction of sp³-hybridized carbons (Fsp3) is 0.467. The first-order valence-electron chi connectivity index (χ1n) is 7.27. The van der Waals surface area contributed by atoms with Gasteiger partial charge in [-0.3, -0.25) is 0 Å². The molecule has 2 heterocycles. The van der Waals surface area contributed by atoms with E-state index in [9.17, 15) is 4.79 Å². The zero-order valence-corrected chi connectivity index (χ0v) is 14.3. The lowest BCUT2D eigenvalue weighted by Gasteiger charge is -2.05. The summed E-state index contributed by atoms with van der Waals surface area (Å²) in [5.74, 6) is 0.540. The molecule has 0 saturated heterocycles. The van der Waals surface area contributed by atoms with Crippen molar-refractivity contribution in [3.63, 3.8) is 0 Å². The zero-order chi connectivity index (χ0) is 17.0. The maximum absolute atomic E-state index is 11.2. The fourth-order valence-corrected chi connectivity index (χ4v) is 3.01. The van der Waals surface area contributed by atoms with Crippen molar-refractivity contribution in [1.29, 1.82) is 0 Å². The van der Waals surface area contributed by atoms with E-state index in [2.05, 4.69) is 14.5 Å². The molecule has 0 aliphatic carbocycles. The first kappa shape index (κ1) is 17.3. The van der Waals surface area contributed by atoms with Gasteiger partial charge in [-0.15, -0.1) is 0 Å². The van der Waals surface area contributed by atoms with Crippen LogP contribution in [0.25, 0.3) is 0 Å². The van der Waals surface area contributed by atoms with Crippen LogP contribution in [-0.4, -0.2) is 33.8 Å². The Morgan fingerprint density at radius 1 is 1.52 bits per heavy atom. The SMILES string of the molecule is Cc1ncc(C[n+]2csc(CCOC(=O)C(C)O)c2C)c(N)n1. The average Bonchev–Trinajstić information content (AvgIpc) is 2.83. The minimum atomic E-state index is -1.09. The molecule has 2 rings (SSSR count). The molecule has 0 aliphatic heterocycles. The molecule has 1 atom stereocenters. The predicted octanol–water partition coefficient (Wildman–Crippen LogP) is 0.539. The van der Waals surface area contributed by atoms with Gasteiger partial charge in [0.15, 0.2) is 12.2 Å². The smallest absolute Gasteiger partial charge is 0.334 e. The van der Waals surface area contributed by atoms with E-state index in [-0.39, 0.29) is 6.61 Å². The number of carbonyl (C=O) groups is 1. The minimum Gasteiger partial charge on any atom is -0.463 e. The van der Waals surface area contributed by atoms with Crippen LogP contribution in [0.15, 0.2) is 11.7 Å². The number of aryl methyl sites for hydroxylation is 1. The van der Waals surface area contributed by atoms with Crippen molar-refractivity contribution < 1.29 is 19.2 Å². The molecular formula is C15H21N4O3S+. The Morgan fingerprint density at radius 3 is 2.91 bits per heavy atom. The van der Waals surface area contributed by atoms with Crippen molar-refractivity contribution in [3.05, 3.63) is 33.7 Å². The van der Waals surface area contributed by atoms with E-state index in [1.54, 1.807) is 24.5 Å². The molecule has 0 aliphatic rings. The van der Waals surface area contributed by atoms with Crippen LogP contribution in [0.5, 0.6) is 0 Å². The number of rotatable bonds is 6. The molecule has 0 bridgehead atoms. The number of aliphatic hydroxyl groups excluding tert-OH is 1. The van der Waals surface area contributed by atoms with E-state index < -0.39 is 12.1 Å². The Labute approximate surface area is 138 Å². The lowest BCUT2D eigenvalue weighted by atomic mass is 10.2. The van der Waals surface area contributed by atoms with Gasteiger partial charge in [0.2, 0.25) is 5.51 Å². The Hall–Kier alpha value is -2.06. The number of carbonyl (C=O) groups excluding carboxylic acids is 1. The number of nitrogens with two attached hydrogens (primary N) is 1. The van der Waals surface area contributed by atoms with Crippen LogP contribution in [0, 0.1) is 13.8 Å². The van der Waals surface area contributed by atoms with E-state index in [4.69, 9.17) is 15.6 Å². The van der Waals surface area contributed by atoms with Crippen LogP contribution in [0.4, 0.5) is 5.82 Å². The molecule has 0 aromatic carbocycles. The minimum absolute atomic E-state index is 0.251. The summed E-state index contributed by atoms with van der Waals surface area (Å²) in [5, 5.41) is 9.09. The normalized spacial score (nSPS) is 12.2. The van der Waals surface area contributed by atoms with Gasteiger partial charge in [0.05, 0.1) is 17.0 Å². The highest BCUT2D eigenvalue weighted by Gasteiger charge is 2.18. The van der Waals surface area contributed by atoms with Gasteiger partial charge in [0.25, 0.3) is 0 Å². The van der Waals surface area contributed by atoms with Crippen molar-refractivity contribution in [2.24, 2.45) is 0 Å². The summed E-state index contributed by atoms with van der Waals surface area (Å²) in [7, 11) is 0. The molecule has 0 amide bonds. The lowest BCUT2D eigenvalue weighted by Crippen LogP contribution is -2.35. The standard InChI is InChI=1S/C15H21N4O3S/c1-9-13(4-5-22-15(21)10(2)20)23-8-19(9)7-12-6-17-11(3)18-14(12)16/h6,8,10,20H,4-5,7H2,1-3H3,(H2,16,17,18)/q+1. The summed E-state index contributed by atoms with van der Waals surface area (Å²) < 4.78 is 7.06. The maximum Gasteiger partial charge on any atom is 0.334 e. The molecule has 0 radical (unpaired) electrons. The molecular weight excluding hydrogens is 316 g/mol. The topological polar surface area (TPSA) is 102 Å². The van der Waals surface area contributed by atoms with E-state index in [0.29, 0.717) is 24.6 Å². The first-order valence-corrected chi connectivity index (χ1v) is 8.15. The molecule has 7 nitrogen and oxygen atoms in total. The van der Waals surface area contributed by atoms with Crippen LogP contribution in [0.3, 0.4) is 0 Å². The van der Waals surface area contributed by atoms with Crippen molar-refractivity contribution in [2.45, 2.75) is 39.8 Å². The number of hydrogen-bond donors (Lipinski definition) is 2. The molecule has 0 saturated carbocycles. The summed E-state index contributed by atoms with van der Waals surface area (Å²) in [4.78, 5) is 20.7. The quantitative estimate of drug-likeness (QED) is 0.589. The molecule has 8 heteroatoms. The van der Waals surface area contributed by atoms with Crippen molar-refractivity contribution in [1.82, 2.24) is 9.97 Å². The van der Waals surface area contributed by atoms with Crippen molar-refractivity contribution >= 4 is 23.1 Å². The predicted molar refractivity (Wildman–Crippen MR) is 85.9 cm³/mol. The van der Waals surface area contributed by atoms with Gasteiger partial charge in [-0.1, -0.05) is 11.3 Å². The maximum atomic E-state index is 11.2. The van der Waals surface area contributed by atoms with Gasteiger partial charge >= 0.3 is 5.97 Å². The number of nitrogens with zero attached hydrogens (tertiary/aromatic N) is 3. The van der Waals surface area contributed by atoms with Crippen molar-refractivity contribution in [3.8, 4) is 0 Å². The summed E-state index contributed by atoms with van der Waals surface area (Å²) >= 11 is 1.59. The van der Waals surface area contributed by atoms with Crippen LogP contribution in [0.2, 0.25) is 0 Å². The van der Waals surface area contributed by atoms with Gasteiger partial charge in [-0.2, -0.15) is 4.57 Å². The number of aliphatic hydroxyl groups is 1. The summed E-state index contributed by atoms with van der Waals surface area (Å²) in [6.45, 7) is 6.05. The fourth-order valence-electron chi connectivity index (χ4n) is 2.03. The van der Waals surface area contributed by atoms with Crippen LogP contribution >= 0.6 is 11.3 Å². The second-order valence-electron chi connectivity index (χ2n) is 5.28. The highest BCUT2D eigenvalue weighted by Crippen LogP contribution is 2.14. The summed E-state index contributed by atoms with van der Waals surface area (Å²) in [6, 6.07) is 0. The number of aromatic nitrogens is 3. The summed E-state index contributed by atoms with van der Waals surface area (Å²) in [5.41, 5.74) is 9.88. The average molecular weight is 337 g/mol. The van der Waals surface area contributed by atoms with Crippen LogP contribution < -0.4 is 10.3 Å². The molecule has 0 fully saturated rings. The molecule has 124 valence electrons. The van der Waals surface area contributed by atoms with Crippen molar-refractivity contribution in [2.75, 3.05) is 12.3 Å². The van der Waals surface area contributed by atoms with E-state index in [0.717, 1.165) is 16.1 Å². The monoisotopic (exact) mass is 337 g/mol. The largest absolute Gasteiger partial charge is 0.463 e. The number of anilines is 1. The van der Waals surface area contributed by atoms with Gasteiger partial charge in [-0.05, 0) is 13.8 Å².